The molecule has 0 aromatic heterocycles. The molecule has 2 heterocycles. The van der Waals surface area contributed by atoms with E-state index in [1.807, 2.05) is 156 Å². The van der Waals surface area contributed by atoms with Gasteiger partial charge in [-0.3, -0.25) is 20.0 Å². The fourth-order valence-corrected chi connectivity index (χ4v) is 5.78. The lowest BCUT2D eigenvalue weighted by Gasteiger charge is -2.45. The zero-order valence-corrected chi connectivity index (χ0v) is 23.0. The van der Waals surface area contributed by atoms with Gasteiger partial charge in [0.1, 0.15) is 5.71 Å². The maximum Gasteiger partial charge on any atom is 0.271 e. The first-order valence-electron chi connectivity index (χ1n) is 13.8. The highest BCUT2D eigenvalue weighted by Crippen LogP contribution is 2.53. The Balaban J connectivity index is 1.58. The van der Waals surface area contributed by atoms with Crippen LogP contribution in [0, 0.1) is 0 Å². The van der Waals surface area contributed by atoms with E-state index in [9.17, 15) is 4.79 Å². The molecule has 0 bridgehead atoms. The van der Waals surface area contributed by atoms with Crippen molar-refractivity contribution in [3.8, 4) is 0 Å². The Hall–Kier alpha value is -5.69. The van der Waals surface area contributed by atoms with Gasteiger partial charge in [0.2, 0.25) is 5.91 Å². The Morgan fingerprint density at radius 1 is 0.690 bits per heavy atom. The second kappa shape index (κ2) is 10.4. The van der Waals surface area contributed by atoms with E-state index in [-0.39, 0.29) is 5.91 Å². The Bertz CT molecular complexity index is 1790. The largest absolute Gasteiger partial charge is 0.278 e. The van der Waals surface area contributed by atoms with Gasteiger partial charge in [-0.2, -0.15) is 5.10 Å². The zero-order valence-electron chi connectivity index (χ0n) is 23.0. The number of nitrogens with zero attached hydrogens (tertiary/aromatic N) is 5. The molecule has 1 atom stereocenters. The van der Waals surface area contributed by atoms with E-state index in [4.69, 9.17) is 10.2 Å². The van der Waals surface area contributed by atoms with E-state index in [0.29, 0.717) is 11.5 Å². The molecule has 7 rings (SSSR count). The molecule has 0 saturated carbocycles. The summed E-state index contributed by atoms with van der Waals surface area (Å²) in [6.45, 7) is 1.60. The molecular formula is C35H28N6O. The molecule has 2 aliphatic heterocycles. The van der Waals surface area contributed by atoms with Crippen LogP contribution in [-0.2, 0) is 4.79 Å². The quantitative estimate of drug-likeness (QED) is 0.185. The average molecular weight is 549 g/mol. The first kappa shape index (κ1) is 25.3. The molecule has 1 unspecified atom stereocenters. The molecule has 1 N–H and O–H groups in total. The lowest BCUT2D eigenvalue weighted by molar-refractivity contribution is -0.117. The normalized spacial score (nSPS) is 17.5. The number of amidine groups is 1. The molecule has 42 heavy (non-hydrogen) atoms. The van der Waals surface area contributed by atoms with Crippen molar-refractivity contribution in [2.45, 2.75) is 12.7 Å². The van der Waals surface area contributed by atoms with Crippen molar-refractivity contribution in [3.63, 3.8) is 0 Å². The second-order valence-electron chi connectivity index (χ2n) is 10.1. The van der Waals surface area contributed by atoms with E-state index in [2.05, 4.69) is 10.3 Å². The van der Waals surface area contributed by atoms with Crippen LogP contribution >= 0.6 is 0 Å². The molecule has 2 aliphatic rings. The lowest BCUT2D eigenvalue weighted by atomic mass is 9.99. The van der Waals surface area contributed by atoms with Crippen molar-refractivity contribution in [1.29, 1.82) is 0 Å². The summed E-state index contributed by atoms with van der Waals surface area (Å²) < 4.78 is 0. The Morgan fingerprint density at radius 2 is 1.24 bits per heavy atom. The van der Waals surface area contributed by atoms with E-state index in [0.717, 1.165) is 33.9 Å². The molecule has 204 valence electrons. The summed E-state index contributed by atoms with van der Waals surface area (Å²) in [5.41, 5.74) is 8.93. The van der Waals surface area contributed by atoms with Gasteiger partial charge in [0.25, 0.3) is 5.79 Å². The van der Waals surface area contributed by atoms with Gasteiger partial charge in [-0.15, -0.1) is 5.10 Å². The Labute approximate surface area is 244 Å². The summed E-state index contributed by atoms with van der Waals surface area (Å²) in [7, 11) is 0. The maximum atomic E-state index is 13.9. The van der Waals surface area contributed by atoms with Gasteiger partial charge in [-0.25, -0.2) is 5.01 Å². The summed E-state index contributed by atoms with van der Waals surface area (Å²) in [5.74, 6) is -0.747. The second-order valence-corrected chi connectivity index (χ2v) is 10.1. The molecule has 0 saturated heterocycles. The molecule has 0 spiro atoms. The maximum absolute atomic E-state index is 13.9. The van der Waals surface area contributed by atoms with Crippen molar-refractivity contribution >= 4 is 40.2 Å². The van der Waals surface area contributed by atoms with Gasteiger partial charge >= 0.3 is 0 Å². The lowest BCUT2D eigenvalue weighted by Crippen LogP contribution is -2.70. The first-order valence-corrected chi connectivity index (χ1v) is 13.8. The number of nitrogens with one attached hydrogen (secondary N) is 1. The smallest absolute Gasteiger partial charge is 0.271 e. The van der Waals surface area contributed by atoms with Gasteiger partial charge in [0.15, 0.2) is 5.84 Å². The molecule has 1 amide bonds. The van der Waals surface area contributed by atoms with Crippen LogP contribution in [-0.4, -0.2) is 23.2 Å². The number of hydrogen-bond donors (Lipinski definition) is 1. The summed E-state index contributed by atoms with van der Waals surface area (Å²) in [5, 5.41) is 12.3. The number of anilines is 4. The minimum Gasteiger partial charge on any atom is -0.278 e. The molecule has 0 aliphatic carbocycles. The highest BCUT2D eigenvalue weighted by molar-refractivity contribution is 6.29. The predicted molar refractivity (Wildman–Crippen MR) is 170 cm³/mol. The van der Waals surface area contributed by atoms with Crippen molar-refractivity contribution in [2.24, 2.45) is 10.2 Å². The van der Waals surface area contributed by atoms with Crippen LogP contribution in [0.3, 0.4) is 0 Å². The van der Waals surface area contributed by atoms with Gasteiger partial charge in [-0.1, -0.05) is 109 Å². The highest BCUT2D eigenvalue weighted by Gasteiger charge is 2.65. The van der Waals surface area contributed by atoms with E-state index < -0.39 is 5.79 Å². The third-order valence-electron chi connectivity index (χ3n) is 7.47. The van der Waals surface area contributed by atoms with E-state index in [1.54, 1.807) is 6.92 Å². The molecule has 7 heteroatoms. The van der Waals surface area contributed by atoms with Crippen LogP contribution in [0.25, 0.3) is 0 Å². The number of carbonyl (C=O) groups is 1. The summed E-state index contributed by atoms with van der Waals surface area (Å²) in [6, 6.07) is 47.7. The topological polar surface area (TPSA) is 63.5 Å². The number of benzene rings is 5. The number of rotatable bonds is 6. The number of amides is 1. The summed E-state index contributed by atoms with van der Waals surface area (Å²) >= 11 is 0. The van der Waals surface area contributed by atoms with Crippen LogP contribution < -0.4 is 20.2 Å². The van der Waals surface area contributed by atoms with Crippen LogP contribution in [0.4, 0.5) is 22.7 Å². The first-order chi connectivity index (χ1) is 20.7. The molecule has 7 nitrogen and oxygen atoms in total. The standard InChI is InChI=1S/C35H28N6O/c1-26(42)39-31-24-14-15-25-32(31)40-34(28-18-8-3-9-19-28)38-41(30-22-12-5-13-23-30)35(39,40)33(27-16-6-2-7-17-27)37-36-29-20-10-4-11-21-29/h2-25,36H,1H3/b37-33+. The highest BCUT2D eigenvalue weighted by atomic mass is 16.2. The monoisotopic (exact) mass is 548 g/mol. The minimum atomic E-state index is -1.31. The van der Waals surface area contributed by atoms with Crippen LogP contribution in [0.1, 0.15) is 18.1 Å². The van der Waals surface area contributed by atoms with Crippen molar-refractivity contribution in [3.05, 3.63) is 157 Å². The number of para-hydroxylation sites is 4. The van der Waals surface area contributed by atoms with Crippen molar-refractivity contribution in [1.82, 2.24) is 0 Å². The van der Waals surface area contributed by atoms with Gasteiger partial charge in [0.05, 0.1) is 22.7 Å². The third-order valence-corrected chi connectivity index (χ3v) is 7.47. The van der Waals surface area contributed by atoms with Gasteiger partial charge in [0, 0.05) is 18.1 Å². The van der Waals surface area contributed by atoms with Crippen LogP contribution in [0.15, 0.2) is 156 Å². The SMILES string of the molecule is CC(=O)N1c2ccccc2N2C(c3ccccc3)=NN(c3ccccc3)C12/C(=N/Nc1ccccc1)c1ccccc1. The van der Waals surface area contributed by atoms with Gasteiger partial charge in [-0.05, 0) is 36.4 Å². The number of hydrogen-bond acceptors (Lipinski definition) is 6. The number of carbonyl (C=O) groups excluding carboxylic acids is 1. The average Bonchev–Trinajstić information content (AvgIpc) is 3.54. The number of hydrazone groups is 2. The zero-order chi connectivity index (χ0) is 28.5. The fourth-order valence-electron chi connectivity index (χ4n) is 5.78. The van der Waals surface area contributed by atoms with Crippen LogP contribution in [0.2, 0.25) is 0 Å². The number of fused-ring (bicyclic) bond motifs is 3. The predicted octanol–water partition coefficient (Wildman–Crippen LogP) is 6.91. The van der Waals surface area contributed by atoms with Crippen molar-refractivity contribution in [2.75, 3.05) is 20.2 Å². The fraction of sp³-hybridized carbons (Fsp3) is 0.0571. The third kappa shape index (κ3) is 3.94. The summed E-state index contributed by atoms with van der Waals surface area (Å²) in [6.07, 6.45) is 0. The molecule has 0 fully saturated rings. The van der Waals surface area contributed by atoms with Crippen molar-refractivity contribution < 1.29 is 4.79 Å². The van der Waals surface area contributed by atoms with E-state index in [1.165, 1.54) is 0 Å². The Kier molecular flexibility index (Phi) is 6.24. The molecule has 0 radical (unpaired) electrons. The van der Waals surface area contributed by atoms with Gasteiger partial charge < -0.3 is 0 Å². The summed E-state index contributed by atoms with van der Waals surface area (Å²) in [4.78, 5) is 17.9. The van der Waals surface area contributed by atoms with E-state index >= 15 is 0 Å². The van der Waals surface area contributed by atoms with Crippen LogP contribution in [0.5, 0.6) is 0 Å². The molecule has 5 aromatic rings. The molecular weight excluding hydrogens is 520 g/mol. The minimum absolute atomic E-state index is 0.140. The Morgan fingerprint density at radius 3 is 1.88 bits per heavy atom. The molecule has 5 aromatic carbocycles.